The number of aliphatic hydroxyl groups is 3. The number of fused-ring (bicyclic) bond motifs is 4. The number of aliphatic hydroxyl groups excluding tert-OH is 2. The Kier molecular flexibility index (Phi) is 6.00. The first-order chi connectivity index (χ1) is 18.4. The number of benzene rings is 1. The summed E-state index contributed by atoms with van der Waals surface area (Å²) in [5.74, 6) is -0.594. The van der Waals surface area contributed by atoms with Gasteiger partial charge in [0.2, 0.25) is 0 Å². The van der Waals surface area contributed by atoms with Crippen LogP contribution in [0.5, 0.6) is 0 Å². The Labute approximate surface area is 230 Å². The number of nitrogens with zero attached hydrogens (tertiary/aromatic N) is 1. The highest BCUT2D eigenvalue weighted by atomic mass is 16.6. The van der Waals surface area contributed by atoms with E-state index >= 15 is 0 Å². The van der Waals surface area contributed by atoms with E-state index in [1.54, 1.807) is 31.0 Å². The molecule has 6 rings (SSSR count). The van der Waals surface area contributed by atoms with E-state index in [0.29, 0.717) is 11.5 Å². The molecule has 5 aliphatic rings. The SMILES string of the molecule is CC1=C[C@]23C(=O)[C@@H](C=C(CO)[C@@H](O)[C@]2(O)[C@H]1OC(=O)N(C)C1CCCc2ccccc21)[C@@H]1[C@@H](C[C@H]3C)C1(C)C. The summed E-state index contributed by atoms with van der Waals surface area (Å²) in [4.78, 5) is 29.8. The van der Waals surface area contributed by atoms with Crippen molar-refractivity contribution >= 4 is 11.9 Å². The molecule has 9 atom stereocenters. The molecule has 7 heteroatoms. The van der Waals surface area contributed by atoms with Crippen molar-refractivity contribution in [2.45, 2.75) is 77.2 Å². The second-order valence-corrected chi connectivity index (χ2v) is 13.3. The maximum atomic E-state index is 14.5. The molecule has 2 fully saturated rings. The van der Waals surface area contributed by atoms with Gasteiger partial charge in [0.1, 0.15) is 6.10 Å². The molecule has 0 radical (unpaired) electrons. The van der Waals surface area contributed by atoms with Gasteiger partial charge in [-0.2, -0.15) is 0 Å². The number of carbonyl (C=O) groups excluding carboxylic acids is 2. The van der Waals surface area contributed by atoms with Gasteiger partial charge in [-0.3, -0.25) is 4.79 Å². The number of aryl methyl sites for hydroxylation is 1. The van der Waals surface area contributed by atoms with Gasteiger partial charge in [0.15, 0.2) is 17.5 Å². The van der Waals surface area contributed by atoms with Crippen molar-refractivity contribution in [3.05, 3.63) is 58.7 Å². The van der Waals surface area contributed by atoms with Crippen LogP contribution in [-0.4, -0.2) is 63.6 Å². The average molecular weight is 536 g/mol. The van der Waals surface area contributed by atoms with Crippen LogP contribution in [0.1, 0.15) is 64.1 Å². The zero-order valence-electron chi connectivity index (χ0n) is 23.6. The fourth-order valence-corrected chi connectivity index (χ4v) is 9.04. The van der Waals surface area contributed by atoms with Crippen LogP contribution in [0.15, 0.2) is 47.6 Å². The fraction of sp³-hybridized carbons (Fsp3) is 0.625. The van der Waals surface area contributed by atoms with E-state index in [0.717, 1.165) is 31.2 Å². The van der Waals surface area contributed by atoms with Crippen molar-refractivity contribution < 1.29 is 29.6 Å². The molecule has 1 spiro atoms. The maximum absolute atomic E-state index is 14.5. The molecular weight excluding hydrogens is 494 g/mol. The van der Waals surface area contributed by atoms with Crippen molar-refractivity contribution in [1.29, 1.82) is 0 Å². The predicted octanol–water partition coefficient (Wildman–Crippen LogP) is 3.97. The quantitative estimate of drug-likeness (QED) is 0.506. The summed E-state index contributed by atoms with van der Waals surface area (Å²) in [6.45, 7) is 7.56. The van der Waals surface area contributed by atoms with Crippen molar-refractivity contribution in [3.63, 3.8) is 0 Å². The smallest absolute Gasteiger partial charge is 0.410 e. The van der Waals surface area contributed by atoms with Crippen molar-refractivity contribution in [1.82, 2.24) is 4.90 Å². The third kappa shape index (κ3) is 3.39. The van der Waals surface area contributed by atoms with Crippen molar-refractivity contribution in [2.75, 3.05) is 13.7 Å². The Morgan fingerprint density at radius 2 is 1.95 bits per heavy atom. The minimum Gasteiger partial charge on any atom is -0.438 e. The maximum Gasteiger partial charge on any atom is 0.410 e. The van der Waals surface area contributed by atoms with Gasteiger partial charge in [-0.25, -0.2) is 4.79 Å². The highest BCUT2D eigenvalue weighted by molar-refractivity contribution is 5.95. The minimum atomic E-state index is -2.13. The molecule has 0 aromatic heterocycles. The molecule has 5 aliphatic carbocycles. The van der Waals surface area contributed by atoms with Gasteiger partial charge in [0, 0.05) is 13.0 Å². The molecule has 210 valence electrons. The minimum absolute atomic E-state index is 0.0388. The summed E-state index contributed by atoms with van der Waals surface area (Å²) in [6.07, 6.45) is 3.49. The first-order valence-electron chi connectivity index (χ1n) is 14.4. The molecule has 39 heavy (non-hydrogen) atoms. The topological polar surface area (TPSA) is 107 Å². The van der Waals surface area contributed by atoms with Gasteiger partial charge in [0.25, 0.3) is 0 Å². The fourth-order valence-electron chi connectivity index (χ4n) is 9.04. The van der Waals surface area contributed by atoms with Gasteiger partial charge in [-0.05, 0) is 78.0 Å². The van der Waals surface area contributed by atoms with E-state index < -0.39 is 41.8 Å². The molecule has 1 aromatic rings. The van der Waals surface area contributed by atoms with Crippen LogP contribution in [0, 0.1) is 34.5 Å². The van der Waals surface area contributed by atoms with E-state index in [-0.39, 0.29) is 34.6 Å². The number of allylic oxidation sites excluding steroid dienone is 1. The normalized spacial score (nSPS) is 41.6. The van der Waals surface area contributed by atoms with Crippen LogP contribution in [0.4, 0.5) is 4.79 Å². The van der Waals surface area contributed by atoms with E-state index in [4.69, 9.17) is 4.74 Å². The number of hydrogen-bond donors (Lipinski definition) is 3. The summed E-state index contributed by atoms with van der Waals surface area (Å²) in [5.41, 5.74) is -0.525. The van der Waals surface area contributed by atoms with E-state index in [1.165, 1.54) is 5.56 Å². The summed E-state index contributed by atoms with van der Waals surface area (Å²) in [7, 11) is 1.70. The number of amides is 1. The molecule has 1 aromatic carbocycles. The Bertz CT molecular complexity index is 1280. The van der Waals surface area contributed by atoms with Crippen LogP contribution >= 0.6 is 0 Å². The standard InChI is InChI=1S/C32H41NO6/c1-17-15-31-18(2)13-23-25(30(23,3)4)22(27(31)36)14-20(16-34)26(35)32(31,38)28(17)39-29(37)33(5)24-12-8-10-19-9-6-7-11-21(19)24/h6-7,9,11,14-15,18,22-26,28,34-35,38H,8,10,12-13,16H2,1-5H3/t18-,22+,23-,24?,25-,26-,28+,31+,32+/m1/s1. The largest absolute Gasteiger partial charge is 0.438 e. The molecule has 0 saturated heterocycles. The van der Waals surface area contributed by atoms with Crippen LogP contribution in [0.2, 0.25) is 0 Å². The van der Waals surface area contributed by atoms with Crippen molar-refractivity contribution in [2.24, 2.45) is 34.5 Å². The number of ketones is 1. The summed E-state index contributed by atoms with van der Waals surface area (Å²) >= 11 is 0. The number of Topliss-reactive ketones (excluding diaryl/α,β-unsaturated/α-hetero) is 1. The lowest BCUT2D eigenvalue weighted by Crippen LogP contribution is -2.66. The van der Waals surface area contributed by atoms with Gasteiger partial charge in [-0.1, -0.05) is 57.2 Å². The zero-order chi connectivity index (χ0) is 28.1. The Morgan fingerprint density at radius 3 is 2.67 bits per heavy atom. The van der Waals surface area contributed by atoms with Gasteiger partial charge >= 0.3 is 6.09 Å². The number of rotatable bonds is 3. The van der Waals surface area contributed by atoms with Gasteiger partial charge in [-0.15, -0.1) is 0 Å². The zero-order valence-corrected chi connectivity index (χ0v) is 23.6. The molecule has 2 saturated carbocycles. The highest BCUT2D eigenvalue weighted by Crippen LogP contribution is 2.71. The first kappa shape index (κ1) is 26.7. The number of hydrogen-bond acceptors (Lipinski definition) is 6. The van der Waals surface area contributed by atoms with E-state index in [9.17, 15) is 24.9 Å². The number of carbonyl (C=O) groups is 2. The first-order valence-corrected chi connectivity index (χ1v) is 14.4. The van der Waals surface area contributed by atoms with Crippen LogP contribution in [-0.2, 0) is 16.0 Å². The molecule has 2 bridgehead atoms. The van der Waals surface area contributed by atoms with Crippen LogP contribution in [0.25, 0.3) is 0 Å². The number of ether oxygens (including phenoxy) is 1. The molecule has 1 amide bonds. The molecule has 7 nitrogen and oxygen atoms in total. The lowest BCUT2D eigenvalue weighted by atomic mass is 9.59. The molecular formula is C32H41NO6. The predicted molar refractivity (Wildman–Crippen MR) is 146 cm³/mol. The summed E-state index contributed by atoms with van der Waals surface area (Å²) in [6, 6.07) is 7.94. The third-order valence-electron chi connectivity index (χ3n) is 11.2. The van der Waals surface area contributed by atoms with Gasteiger partial charge in [0.05, 0.1) is 18.1 Å². The van der Waals surface area contributed by atoms with Crippen molar-refractivity contribution in [3.8, 4) is 0 Å². The lowest BCUT2D eigenvalue weighted by molar-refractivity contribution is -0.191. The van der Waals surface area contributed by atoms with Crippen LogP contribution < -0.4 is 0 Å². The Hall–Kier alpha value is -2.48. The summed E-state index contributed by atoms with van der Waals surface area (Å²) in [5, 5.41) is 34.6. The molecule has 0 aliphatic heterocycles. The Morgan fingerprint density at radius 1 is 1.23 bits per heavy atom. The molecule has 1 unspecified atom stereocenters. The van der Waals surface area contributed by atoms with E-state index in [2.05, 4.69) is 19.9 Å². The molecule has 3 N–H and O–H groups in total. The second-order valence-electron chi connectivity index (χ2n) is 13.3. The van der Waals surface area contributed by atoms with Gasteiger partial charge < -0.3 is 25.0 Å². The Balaban J connectivity index is 1.38. The summed E-state index contributed by atoms with van der Waals surface area (Å²) < 4.78 is 6.10. The third-order valence-corrected chi connectivity index (χ3v) is 11.2. The van der Waals surface area contributed by atoms with Crippen LogP contribution in [0.3, 0.4) is 0 Å². The second kappa shape index (κ2) is 8.76. The molecule has 0 heterocycles. The monoisotopic (exact) mass is 535 g/mol. The lowest BCUT2D eigenvalue weighted by Gasteiger charge is -2.49. The average Bonchev–Trinajstić information content (AvgIpc) is 3.41. The highest BCUT2D eigenvalue weighted by Gasteiger charge is 2.76. The van der Waals surface area contributed by atoms with E-state index in [1.807, 2.05) is 25.1 Å².